The summed E-state index contributed by atoms with van der Waals surface area (Å²) >= 11 is 1.73. The number of rotatable bonds is 4. The molecule has 0 saturated carbocycles. The highest BCUT2D eigenvalue weighted by Crippen LogP contribution is 2.18. The molecule has 0 atom stereocenters. The first-order valence-corrected chi connectivity index (χ1v) is 7.67. The summed E-state index contributed by atoms with van der Waals surface area (Å²) in [4.78, 5) is 5.49. The highest BCUT2D eigenvalue weighted by atomic mass is 127. The van der Waals surface area contributed by atoms with Crippen molar-refractivity contribution < 1.29 is 4.42 Å². The summed E-state index contributed by atoms with van der Waals surface area (Å²) in [5, 5.41) is 9.73. The standard InChI is InChI=1S/C16H17N3OS.HI/c1-17-16(19-11-14-6-4-8-21-14)18-10-13-9-12-5-2-3-7-15(12)20-13;/h2-9H,10-11H2,1H3,(H2,17,18,19);1H. The Labute approximate surface area is 150 Å². The maximum Gasteiger partial charge on any atom is 0.191 e. The van der Waals surface area contributed by atoms with Crippen LogP contribution in [0.2, 0.25) is 0 Å². The summed E-state index contributed by atoms with van der Waals surface area (Å²) in [7, 11) is 1.77. The van der Waals surface area contributed by atoms with Gasteiger partial charge in [-0.2, -0.15) is 0 Å². The maximum absolute atomic E-state index is 5.77. The monoisotopic (exact) mass is 427 g/mol. The Morgan fingerprint density at radius 1 is 1.14 bits per heavy atom. The molecular formula is C16H18IN3OS. The number of benzene rings is 1. The number of hydrogen-bond donors (Lipinski definition) is 2. The Kier molecular flexibility index (Phi) is 6.26. The summed E-state index contributed by atoms with van der Waals surface area (Å²) in [6.45, 7) is 1.39. The van der Waals surface area contributed by atoms with Crippen LogP contribution in [0.3, 0.4) is 0 Å². The third kappa shape index (κ3) is 4.23. The molecule has 0 amide bonds. The normalized spacial score (nSPS) is 11.2. The average Bonchev–Trinajstić information content (AvgIpc) is 3.16. The van der Waals surface area contributed by atoms with E-state index >= 15 is 0 Å². The van der Waals surface area contributed by atoms with Gasteiger partial charge in [-0.3, -0.25) is 4.99 Å². The second-order valence-electron chi connectivity index (χ2n) is 4.61. The number of para-hydroxylation sites is 1. The molecule has 0 aliphatic carbocycles. The molecule has 1 aromatic carbocycles. The first-order valence-electron chi connectivity index (χ1n) is 6.79. The van der Waals surface area contributed by atoms with Crippen LogP contribution in [0, 0.1) is 0 Å². The lowest BCUT2D eigenvalue weighted by molar-refractivity contribution is 0.538. The van der Waals surface area contributed by atoms with Crippen LogP contribution in [-0.4, -0.2) is 13.0 Å². The topological polar surface area (TPSA) is 49.6 Å². The van der Waals surface area contributed by atoms with Crippen LogP contribution < -0.4 is 10.6 Å². The van der Waals surface area contributed by atoms with Crippen molar-refractivity contribution in [3.05, 3.63) is 58.5 Å². The van der Waals surface area contributed by atoms with Crippen LogP contribution in [-0.2, 0) is 13.1 Å². The van der Waals surface area contributed by atoms with Gasteiger partial charge in [0.1, 0.15) is 11.3 Å². The van der Waals surface area contributed by atoms with Crippen LogP contribution in [0.25, 0.3) is 11.0 Å². The summed E-state index contributed by atoms with van der Waals surface area (Å²) in [5.74, 6) is 1.67. The first kappa shape index (κ1) is 16.8. The van der Waals surface area contributed by atoms with Crippen molar-refractivity contribution in [3.63, 3.8) is 0 Å². The van der Waals surface area contributed by atoms with E-state index < -0.39 is 0 Å². The molecule has 0 saturated heterocycles. The number of halogens is 1. The third-order valence-electron chi connectivity index (χ3n) is 3.14. The van der Waals surface area contributed by atoms with Crippen molar-refractivity contribution in [2.45, 2.75) is 13.1 Å². The molecule has 22 heavy (non-hydrogen) atoms. The van der Waals surface area contributed by atoms with Crippen molar-refractivity contribution >= 4 is 52.2 Å². The summed E-state index contributed by atoms with van der Waals surface area (Å²) < 4.78 is 5.77. The van der Waals surface area contributed by atoms with E-state index in [1.165, 1.54) is 4.88 Å². The lowest BCUT2D eigenvalue weighted by atomic mass is 10.2. The SMILES string of the molecule is CN=C(NCc1cc2ccccc2o1)NCc1cccs1.I. The zero-order valence-electron chi connectivity index (χ0n) is 12.2. The Balaban J connectivity index is 0.00000176. The van der Waals surface area contributed by atoms with Gasteiger partial charge in [0.05, 0.1) is 13.1 Å². The van der Waals surface area contributed by atoms with Gasteiger partial charge in [-0.15, -0.1) is 35.3 Å². The Hall–Kier alpha value is -1.54. The minimum absolute atomic E-state index is 0. The number of guanidine groups is 1. The van der Waals surface area contributed by atoms with Gasteiger partial charge in [0.25, 0.3) is 0 Å². The molecule has 0 fully saturated rings. The van der Waals surface area contributed by atoms with Crippen molar-refractivity contribution in [2.24, 2.45) is 4.99 Å². The summed E-state index contributed by atoms with van der Waals surface area (Å²) in [5.41, 5.74) is 0.913. The lowest BCUT2D eigenvalue weighted by Crippen LogP contribution is -2.36. The van der Waals surface area contributed by atoms with Gasteiger partial charge in [-0.05, 0) is 23.6 Å². The molecule has 2 heterocycles. The fourth-order valence-electron chi connectivity index (χ4n) is 2.10. The zero-order valence-corrected chi connectivity index (χ0v) is 15.4. The largest absolute Gasteiger partial charge is 0.459 e. The van der Waals surface area contributed by atoms with Crippen molar-refractivity contribution in [1.29, 1.82) is 0 Å². The number of nitrogens with zero attached hydrogens (tertiary/aromatic N) is 1. The van der Waals surface area contributed by atoms with Gasteiger partial charge in [0.15, 0.2) is 5.96 Å². The molecule has 0 bridgehead atoms. The molecule has 0 radical (unpaired) electrons. The average molecular weight is 427 g/mol. The Bertz CT molecular complexity index is 704. The van der Waals surface area contributed by atoms with E-state index in [-0.39, 0.29) is 24.0 Å². The van der Waals surface area contributed by atoms with Crippen LogP contribution >= 0.6 is 35.3 Å². The van der Waals surface area contributed by atoms with E-state index in [2.05, 4.69) is 33.1 Å². The fourth-order valence-corrected chi connectivity index (χ4v) is 2.74. The van der Waals surface area contributed by atoms with E-state index in [0.717, 1.165) is 29.2 Å². The van der Waals surface area contributed by atoms with Crippen LogP contribution in [0.5, 0.6) is 0 Å². The highest BCUT2D eigenvalue weighted by Gasteiger charge is 2.04. The molecule has 0 aliphatic heterocycles. The van der Waals surface area contributed by atoms with Crippen LogP contribution in [0.1, 0.15) is 10.6 Å². The molecule has 3 aromatic rings. The van der Waals surface area contributed by atoms with E-state index in [4.69, 9.17) is 4.42 Å². The van der Waals surface area contributed by atoms with Gasteiger partial charge in [0, 0.05) is 17.3 Å². The second kappa shape index (κ2) is 8.19. The lowest BCUT2D eigenvalue weighted by Gasteiger charge is -2.09. The van der Waals surface area contributed by atoms with E-state index in [9.17, 15) is 0 Å². The molecule has 0 unspecified atom stereocenters. The molecule has 0 aliphatic rings. The molecule has 2 aromatic heterocycles. The van der Waals surface area contributed by atoms with Gasteiger partial charge < -0.3 is 15.1 Å². The number of thiophene rings is 1. The quantitative estimate of drug-likeness (QED) is 0.376. The van der Waals surface area contributed by atoms with Gasteiger partial charge in [-0.1, -0.05) is 24.3 Å². The first-order chi connectivity index (χ1) is 10.3. The molecule has 0 spiro atoms. The predicted molar refractivity (Wildman–Crippen MR) is 103 cm³/mol. The number of fused-ring (bicyclic) bond motifs is 1. The molecular weight excluding hydrogens is 409 g/mol. The number of nitrogens with one attached hydrogen (secondary N) is 2. The highest BCUT2D eigenvalue weighted by molar-refractivity contribution is 14.0. The minimum atomic E-state index is 0. The minimum Gasteiger partial charge on any atom is -0.459 e. The molecule has 2 N–H and O–H groups in total. The van der Waals surface area contributed by atoms with E-state index in [1.54, 1.807) is 18.4 Å². The van der Waals surface area contributed by atoms with E-state index in [1.807, 2.05) is 30.3 Å². The number of aliphatic imine (C=N–C) groups is 1. The third-order valence-corrected chi connectivity index (χ3v) is 4.02. The summed E-state index contributed by atoms with van der Waals surface area (Å²) in [6.07, 6.45) is 0. The van der Waals surface area contributed by atoms with Gasteiger partial charge in [0.2, 0.25) is 0 Å². The zero-order chi connectivity index (χ0) is 14.5. The Morgan fingerprint density at radius 3 is 2.68 bits per heavy atom. The molecule has 4 nitrogen and oxygen atoms in total. The van der Waals surface area contributed by atoms with Crippen LogP contribution in [0.15, 0.2) is 57.3 Å². The van der Waals surface area contributed by atoms with Crippen molar-refractivity contribution in [3.8, 4) is 0 Å². The predicted octanol–water partition coefficient (Wildman–Crippen LogP) is 3.98. The molecule has 116 valence electrons. The van der Waals surface area contributed by atoms with Gasteiger partial charge >= 0.3 is 0 Å². The fraction of sp³-hybridized carbons (Fsp3) is 0.188. The second-order valence-corrected chi connectivity index (χ2v) is 5.64. The Morgan fingerprint density at radius 2 is 1.95 bits per heavy atom. The van der Waals surface area contributed by atoms with Crippen molar-refractivity contribution in [2.75, 3.05) is 7.05 Å². The number of hydrogen-bond acceptors (Lipinski definition) is 3. The summed E-state index contributed by atoms with van der Waals surface area (Å²) in [6, 6.07) is 14.2. The molecule has 6 heteroatoms. The molecule has 3 rings (SSSR count). The smallest absolute Gasteiger partial charge is 0.191 e. The van der Waals surface area contributed by atoms with Gasteiger partial charge in [-0.25, -0.2) is 0 Å². The maximum atomic E-state index is 5.77. The van der Waals surface area contributed by atoms with Crippen molar-refractivity contribution in [1.82, 2.24) is 10.6 Å². The van der Waals surface area contributed by atoms with Crippen LogP contribution in [0.4, 0.5) is 0 Å². The van der Waals surface area contributed by atoms with E-state index in [0.29, 0.717) is 6.54 Å². The number of furan rings is 1.